The Morgan fingerprint density at radius 1 is 1.41 bits per heavy atom. The molecule has 1 aromatic rings. The summed E-state index contributed by atoms with van der Waals surface area (Å²) < 4.78 is 10.4. The summed E-state index contributed by atoms with van der Waals surface area (Å²) in [5, 5.41) is 0. The first-order chi connectivity index (χ1) is 8.04. The molecule has 0 N–H and O–H groups in total. The van der Waals surface area contributed by atoms with Crippen molar-refractivity contribution in [2.75, 3.05) is 7.11 Å². The predicted octanol–water partition coefficient (Wildman–Crippen LogP) is 2.88. The number of carbonyl (C=O) groups excluding carboxylic acids is 1. The van der Waals surface area contributed by atoms with E-state index in [1.54, 1.807) is 0 Å². The molecule has 0 saturated carbocycles. The van der Waals surface area contributed by atoms with Crippen molar-refractivity contribution in [1.82, 2.24) is 0 Å². The molecule has 0 aliphatic rings. The molecule has 0 aliphatic heterocycles. The van der Waals surface area contributed by atoms with Crippen molar-refractivity contribution in [3.05, 3.63) is 42.0 Å². The van der Waals surface area contributed by atoms with Crippen LogP contribution < -0.4 is 4.74 Å². The van der Waals surface area contributed by atoms with E-state index in [2.05, 4.69) is 6.58 Å². The lowest BCUT2D eigenvalue weighted by molar-refractivity contribution is -0.148. The minimum atomic E-state index is -0.626. The largest absolute Gasteiger partial charge is 0.478 e. The minimum absolute atomic E-state index is 0.378. The Hall–Kier alpha value is -1.77. The molecule has 0 spiro atoms. The van der Waals surface area contributed by atoms with Gasteiger partial charge in [0.15, 0.2) is 6.10 Å². The van der Waals surface area contributed by atoms with Gasteiger partial charge < -0.3 is 9.47 Å². The number of carbonyl (C=O) groups is 1. The van der Waals surface area contributed by atoms with E-state index in [4.69, 9.17) is 9.47 Å². The molecule has 0 radical (unpaired) electrons. The Labute approximate surface area is 102 Å². The third-order valence-electron chi connectivity index (χ3n) is 2.36. The molecule has 17 heavy (non-hydrogen) atoms. The maximum atomic E-state index is 11.6. The van der Waals surface area contributed by atoms with Crippen molar-refractivity contribution in [1.29, 1.82) is 0 Å². The molecular weight excluding hydrogens is 216 g/mol. The van der Waals surface area contributed by atoms with Gasteiger partial charge in [0, 0.05) is 6.42 Å². The van der Waals surface area contributed by atoms with Gasteiger partial charge in [-0.05, 0) is 25.5 Å². The Balaban J connectivity index is 2.82. The first-order valence-corrected chi connectivity index (χ1v) is 5.49. The lowest BCUT2D eigenvalue weighted by Gasteiger charge is -2.18. The number of ether oxygens (including phenoxy) is 2. The summed E-state index contributed by atoms with van der Waals surface area (Å²) in [6.45, 7) is 7.58. The Morgan fingerprint density at radius 2 is 2.06 bits per heavy atom. The van der Waals surface area contributed by atoms with Crippen LogP contribution in [0.5, 0.6) is 5.75 Å². The average Bonchev–Trinajstić information content (AvgIpc) is 2.29. The highest BCUT2D eigenvalue weighted by Gasteiger charge is 2.21. The van der Waals surface area contributed by atoms with Crippen LogP contribution in [0.4, 0.5) is 0 Å². The molecule has 0 bridgehead atoms. The molecule has 0 saturated heterocycles. The Kier molecular flexibility index (Phi) is 4.76. The van der Waals surface area contributed by atoms with Crippen LogP contribution in [0, 0.1) is 6.92 Å². The maximum Gasteiger partial charge on any atom is 0.347 e. The van der Waals surface area contributed by atoms with Crippen LogP contribution >= 0.6 is 0 Å². The molecule has 3 heteroatoms. The average molecular weight is 234 g/mol. The van der Waals surface area contributed by atoms with E-state index in [9.17, 15) is 4.79 Å². The van der Waals surface area contributed by atoms with Gasteiger partial charge in [0.1, 0.15) is 5.75 Å². The summed E-state index contributed by atoms with van der Waals surface area (Å²) in [5.41, 5.74) is 1.87. The lowest BCUT2D eigenvalue weighted by Crippen LogP contribution is -2.29. The fourth-order valence-electron chi connectivity index (χ4n) is 1.46. The third kappa shape index (κ3) is 3.94. The molecule has 0 heterocycles. The van der Waals surface area contributed by atoms with Gasteiger partial charge >= 0.3 is 5.97 Å². The summed E-state index contributed by atoms with van der Waals surface area (Å²) in [6.07, 6.45) is -0.167. The van der Waals surface area contributed by atoms with Crippen LogP contribution in [0.15, 0.2) is 36.4 Å². The topological polar surface area (TPSA) is 35.5 Å². The number of hydrogen-bond acceptors (Lipinski definition) is 3. The number of para-hydroxylation sites is 1. The molecular formula is C14H18O3. The number of esters is 1. The molecule has 3 nitrogen and oxygen atoms in total. The second-order valence-electron chi connectivity index (χ2n) is 4.06. The smallest absolute Gasteiger partial charge is 0.347 e. The molecule has 0 fully saturated rings. The summed E-state index contributed by atoms with van der Waals surface area (Å²) in [6, 6.07) is 7.57. The molecule has 92 valence electrons. The van der Waals surface area contributed by atoms with Crippen LogP contribution in [0.3, 0.4) is 0 Å². The van der Waals surface area contributed by atoms with Gasteiger partial charge in [0.25, 0.3) is 0 Å². The molecule has 1 aromatic carbocycles. The first kappa shape index (κ1) is 13.3. The van der Waals surface area contributed by atoms with E-state index in [0.717, 1.165) is 11.1 Å². The van der Waals surface area contributed by atoms with Gasteiger partial charge in [0.05, 0.1) is 7.11 Å². The molecule has 0 aromatic heterocycles. The van der Waals surface area contributed by atoms with E-state index in [0.29, 0.717) is 12.2 Å². The van der Waals surface area contributed by atoms with Gasteiger partial charge in [-0.25, -0.2) is 4.79 Å². The van der Waals surface area contributed by atoms with Gasteiger partial charge in [-0.2, -0.15) is 0 Å². The quantitative estimate of drug-likeness (QED) is 0.580. The van der Waals surface area contributed by atoms with Crippen molar-refractivity contribution >= 4 is 5.97 Å². The predicted molar refractivity (Wildman–Crippen MR) is 67.0 cm³/mol. The van der Waals surface area contributed by atoms with Gasteiger partial charge in [-0.3, -0.25) is 0 Å². The van der Waals surface area contributed by atoms with Crippen LogP contribution in [-0.4, -0.2) is 19.2 Å². The summed E-state index contributed by atoms with van der Waals surface area (Å²) in [4.78, 5) is 11.6. The number of rotatable bonds is 5. The maximum absolute atomic E-state index is 11.6. The van der Waals surface area contributed by atoms with Crippen molar-refractivity contribution in [2.45, 2.75) is 26.4 Å². The van der Waals surface area contributed by atoms with Crippen LogP contribution in [0.2, 0.25) is 0 Å². The van der Waals surface area contributed by atoms with Crippen LogP contribution in [0.1, 0.15) is 18.9 Å². The molecule has 1 atom stereocenters. The minimum Gasteiger partial charge on any atom is -0.478 e. The van der Waals surface area contributed by atoms with E-state index >= 15 is 0 Å². The van der Waals surface area contributed by atoms with Crippen LogP contribution in [0.25, 0.3) is 0 Å². The zero-order valence-electron chi connectivity index (χ0n) is 10.5. The van der Waals surface area contributed by atoms with E-state index in [1.807, 2.05) is 38.1 Å². The Morgan fingerprint density at radius 3 is 2.59 bits per heavy atom. The highest BCUT2D eigenvalue weighted by Crippen LogP contribution is 2.20. The van der Waals surface area contributed by atoms with Crippen molar-refractivity contribution in [2.24, 2.45) is 0 Å². The molecule has 0 amide bonds. The number of methoxy groups -OCH3 is 1. The second-order valence-corrected chi connectivity index (χ2v) is 4.06. The van der Waals surface area contributed by atoms with Gasteiger partial charge in [0.2, 0.25) is 0 Å². The standard InChI is InChI=1S/C14H18O3/c1-10(2)9-13(14(15)16-4)17-12-8-6-5-7-11(12)3/h5-8,13H,1,9H2,2-4H3. The molecule has 1 rings (SSSR count). The van der Waals surface area contributed by atoms with E-state index < -0.39 is 6.10 Å². The highest BCUT2D eigenvalue weighted by molar-refractivity contribution is 5.75. The van der Waals surface area contributed by atoms with E-state index in [-0.39, 0.29) is 5.97 Å². The second kappa shape index (κ2) is 6.09. The zero-order valence-corrected chi connectivity index (χ0v) is 10.5. The van der Waals surface area contributed by atoms with Crippen molar-refractivity contribution < 1.29 is 14.3 Å². The third-order valence-corrected chi connectivity index (χ3v) is 2.36. The van der Waals surface area contributed by atoms with Gasteiger partial charge in [-0.1, -0.05) is 30.4 Å². The van der Waals surface area contributed by atoms with Gasteiger partial charge in [-0.15, -0.1) is 0 Å². The Bertz CT molecular complexity index is 410. The normalized spacial score (nSPS) is 11.7. The fraction of sp³-hybridized carbons (Fsp3) is 0.357. The molecule has 0 aliphatic carbocycles. The summed E-state index contributed by atoms with van der Waals surface area (Å²) in [5.74, 6) is 0.320. The number of aryl methyl sites for hydroxylation is 1. The SMILES string of the molecule is C=C(C)CC(Oc1ccccc1C)C(=O)OC. The summed E-state index contributed by atoms with van der Waals surface area (Å²) >= 11 is 0. The zero-order chi connectivity index (χ0) is 12.8. The highest BCUT2D eigenvalue weighted by atomic mass is 16.6. The fourth-order valence-corrected chi connectivity index (χ4v) is 1.46. The molecule has 1 unspecified atom stereocenters. The van der Waals surface area contributed by atoms with Crippen LogP contribution in [-0.2, 0) is 9.53 Å². The van der Waals surface area contributed by atoms with Crippen molar-refractivity contribution in [3.8, 4) is 5.75 Å². The first-order valence-electron chi connectivity index (χ1n) is 5.49. The van der Waals surface area contributed by atoms with Crippen molar-refractivity contribution in [3.63, 3.8) is 0 Å². The lowest BCUT2D eigenvalue weighted by atomic mass is 10.1. The summed E-state index contributed by atoms with van der Waals surface area (Å²) in [7, 11) is 1.36. The number of benzene rings is 1. The van der Waals surface area contributed by atoms with E-state index in [1.165, 1.54) is 7.11 Å². The number of hydrogen-bond donors (Lipinski definition) is 0. The monoisotopic (exact) mass is 234 g/mol.